The minimum Gasteiger partial charge on any atom is -0.330 e. The van der Waals surface area contributed by atoms with E-state index in [1.165, 1.54) is 21.6 Å². The maximum absolute atomic E-state index is 5.68. The van der Waals surface area contributed by atoms with E-state index in [1.54, 1.807) is 11.3 Å². The van der Waals surface area contributed by atoms with Crippen molar-refractivity contribution < 1.29 is 0 Å². The molecule has 2 rings (SSSR count). The second-order valence-electron chi connectivity index (χ2n) is 4.25. The number of rotatable bonds is 3. The summed E-state index contributed by atoms with van der Waals surface area (Å²) in [6, 6.07) is 10.9. The van der Waals surface area contributed by atoms with Crippen LogP contribution in [0.2, 0.25) is 0 Å². The zero-order chi connectivity index (χ0) is 11.5. The lowest BCUT2D eigenvalue weighted by Gasteiger charge is -2.03. The van der Waals surface area contributed by atoms with Crippen LogP contribution in [0.3, 0.4) is 0 Å². The molecular weight excluding hydrogens is 214 g/mol. The molecule has 0 amide bonds. The molecule has 0 radical (unpaired) electrons. The molecule has 1 unspecified atom stereocenters. The third-order valence-electron chi connectivity index (χ3n) is 2.88. The number of aryl methyl sites for hydroxylation is 1. The lowest BCUT2D eigenvalue weighted by Crippen LogP contribution is -2.07. The third-order valence-corrected chi connectivity index (χ3v) is 3.88. The van der Waals surface area contributed by atoms with Gasteiger partial charge in [-0.3, -0.25) is 0 Å². The van der Waals surface area contributed by atoms with Gasteiger partial charge in [0.2, 0.25) is 0 Å². The Morgan fingerprint density at radius 3 is 2.56 bits per heavy atom. The van der Waals surface area contributed by atoms with Gasteiger partial charge in [-0.15, -0.1) is 11.3 Å². The molecule has 2 N–H and O–H groups in total. The Balaban J connectivity index is 2.28. The van der Waals surface area contributed by atoms with Crippen LogP contribution in [0, 0.1) is 6.92 Å². The highest BCUT2D eigenvalue weighted by Crippen LogP contribution is 2.30. The Morgan fingerprint density at radius 1 is 1.25 bits per heavy atom. The number of benzene rings is 1. The van der Waals surface area contributed by atoms with Crippen LogP contribution in [0.5, 0.6) is 0 Å². The van der Waals surface area contributed by atoms with Gasteiger partial charge in [0.15, 0.2) is 0 Å². The van der Waals surface area contributed by atoms with Gasteiger partial charge in [-0.05, 0) is 42.0 Å². The second kappa shape index (κ2) is 4.81. The molecule has 84 valence electrons. The average molecular weight is 231 g/mol. The van der Waals surface area contributed by atoms with Crippen molar-refractivity contribution in [1.29, 1.82) is 0 Å². The maximum atomic E-state index is 5.68. The first-order valence-corrected chi connectivity index (χ1v) is 6.44. The summed E-state index contributed by atoms with van der Waals surface area (Å²) in [5.74, 6) is 0.454. The Kier molecular flexibility index (Phi) is 3.42. The highest BCUT2D eigenvalue weighted by molar-refractivity contribution is 7.13. The van der Waals surface area contributed by atoms with Gasteiger partial charge in [0, 0.05) is 4.88 Å². The van der Waals surface area contributed by atoms with Crippen LogP contribution < -0.4 is 5.73 Å². The molecule has 1 nitrogen and oxygen atoms in total. The molecule has 1 aromatic heterocycles. The quantitative estimate of drug-likeness (QED) is 0.854. The van der Waals surface area contributed by atoms with Gasteiger partial charge >= 0.3 is 0 Å². The summed E-state index contributed by atoms with van der Waals surface area (Å²) in [5.41, 5.74) is 9.63. The molecule has 16 heavy (non-hydrogen) atoms. The summed E-state index contributed by atoms with van der Waals surface area (Å²) in [5, 5.41) is 2.21. The van der Waals surface area contributed by atoms with Gasteiger partial charge in [-0.25, -0.2) is 0 Å². The molecule has 0 bridgehead atoms. The highest BCUT2D eigenvalue weighted by Gasteiger charge is 2.07. The van der Waals surface area contributed by atoms with Crippen molar-refractivity contribution in [3.05, 3.63) is 46.8 Å². The fourth-order valence-corrected chi connectivity index (χ4v) is 2.65. The fourth-order valence-electron chi connectivity index (χ4n) is 1.61. The average Bonchev–Trinajstić information content (AvgIpc) is 2.78. The number of hydrogen-bond acceptors (Lipinski definition) is 2. The smallest absolute Gasteiger partial charge is 0.0345 e. The summed E-state index contributed by atoms with van der Waals surface area (Å²) in [6.45, 7) is 4.99. The van der Waals surface area contributed by atoms with E-state index < -0.39 is 0 Å². The monoisotopic (exact) mass is 231 g/mol. The van der Waals surface area contributed by atoms with E-state index in [-0.39, 0.29) is 0 Å². The van der Waals surface area contributed by atoms with E-state index in [4.69, 9.17) is 5.73 Å². The maximum Gasteiger partial charge on any atom is 0.0345 e. The van der Waals surface area contributed by atoms with E-state index in [0.29, 0.717) is 12.5 Å². The Hall–Kier alpha value is -1.12. The van der Waals surface area contributed by atoms with Crippen LogP contribution in [0.4, 0.5) is 0 Å². The normalized spacial score (nSPS) is 12.7. The van der Waals surface area contributed by atoms with E-state index in [2.05, 4.69) is 49.6 Å². The molecule has 0 saturated carbocycles. The molecule has 1 heterocycles. The Bertz CT molecular complexity index is 456. The second-order valence-corrected chi connectivity index (χ2v) is 5.16. The van der Waals surface area contributed by atoms with Gasteiger partial charge in [0.05, 0.1) is 0 Å². The van der Waals surface area contributed by atoms with Crippen molar-refractivity contribution in [1.82, 2.24) is 0 Å². The molecule has 2 heteroatoms. The van der Waals surface area contributed by atoms with Crippen LogP contribution in [0.15, 0.2) is 35.7 Å². The van der Waals surface area contributed by atoms with Crippen LogP contribution in [-0.2, 0) is 0 Å². The van der Waals surface area contributed by atoms with E-state index in [0.717, 1.165) is 0 Å². The summed E-state index contributed by atoms with van der Waals surface area (Å²) in [7, 11) is 0. The molecule has 0 fully saturated rings. The Labute approximate surface area is 101 Å². The first-order valence-electron chi connectivity index (χ1n) is 5.56. The van der Waals surface area contributed by atoms with E-state index in [9.17, 15) is 0 Å². The minimum atomic E-state index is 0.454. The number of nitrogens with two attached hydrogens (primary N) is 1. The lowest BCUT2D eigenvalue weighted by atomic mass is 10.0. The van der Waals surface area contributed by atoms with Crippen molar-refractivity contribution in [3.8, 4) is 10.4 Å². The first-order chi connectivity index (χ1) is 7.70. The van der Waals surface area contributed by atoms with Crippen molar-refractivity contribution in [2.45, 2.75) is 19.8 Å². The largest absolute Gasteiger partial charge is 0.330 e. The van der Waals surface area contributed by atoms with E-state index in [1.807, 2.05) is 0 Å². The summed E-state index contributed by atoms with van der Waals surface area (Å²) in [6.07, 6.45) is 0. The predicted molar refractivity (Wildman–Crippen MR) is 72.0 cm³/mol. The molecule has 0 aliphatic carbocycles. The number of hydrogen-bond donors (Lipinski definition) is 1. The zero-order valence-electron chi connectivity index (χ0n) is 9.73. The van der Waals surface area contributed by atoms with Gasteiger partial charge in [-0.2, -0.15) is 0 Å². The third kappa shape index (κ3) is 2.34. The lowest BCUT2D eigenvalue weighted by molar-refractivity contribution is 0.778. The van der Waals surface area contributed by atoms with Crippen molar-refractivity contribution in [2.75, 3.05) is 6.54 Å². The first kappa shape index (κ1) is 11.4. The summed E-state index contributed by atoms with van der Waals surface area (Å²) < 4.78 is 0. The standard InChI is InChI=1S/C14H17NS/c1-10-3-5-12(6-4-10)14-7-13(9-16-14)11(2)8-15/h3-7,9,11H,8,15H2,1-2H3. The SMILES string of the molecule is Cc1ccc(-c2cc(C(C)CN)cs2)cc1. The topological polar surface area (TPSA) is 26.0 Å². The molecule has 0 aliphatic rings. The number of thiophene rings is 1. The van der Waals surface area contributed by atoms with Crippen LogP contribution in [0.1, 0.15) is 24.0 Å². The van der Waals surface area contributed by atoms with E-state index >= 15 is 0 Å². The van der Waals surface area contributed by atoms with Crippen molar-refractivity contribution in [3.63, 3.8) is 0 Å². The predicted octanol–water partition coefficient (Wildman–Crippen LogP) is 3.79. The molecular formula is C14H17NS. The van der Waals surface area contributed by atoms with Gasteiger partial charge in [-0.1, -0.05) is 36.8 Å². The molecule has 2 aromatic rings. The summed E-state index contributed by atoms with van der Waals surface area (Å²) in [4.78, 5) is 1.33. The van der Waals surface area contributed by atoms with Gasteiger partial charge < -0.3 is 5.73 Å². The Morgan fingerprint density at radius 2 is 1.94 bits per heavy atom. The zero-order valence-corrected chi connectivity index (χ0v) is 10.6. The summed E-state index contributed by atoms with van der Waals surface area (Å²) >= 11 is 1.80. The van der Waals surface area contributed by atoms with Crippen LogP contribution >= 0.6 is 11.3 Å². The highest BCUT2D eigenvalue weighted by atomic mass is 32.1. The molecule has 0 saturated heterocycles. The van der Waals surface area contributed by atoms with Gasteiger partial charge in [0.1, 0.15) is 0 Å². The van der Waals surface area contributed by atoms with Crippen molar-refractivity contribution >= 4 is 11.3 Å². The minimum absolute atomic E-state index is 0.454. The molecule has 0 aliphatic heterocycles. The fraction of sp³-hybridized carbons (Fsp3) is 0.286. The molecule has 1 atom stereocenters. The van der Waals surface area contributed by atoms with Crippen molar-refractivity contribution in [2.24, 2.45) is 5.73 Å². The molecule has 0 spiro atoms. The van der Waals surface area contributed by atoms with Crippen LogP contribution in [0.25, 0.3) is 10.4 Å². The van der Waals surface area contributed by atoms with Gasteiger partial charge in [0.25, 0.3) is 0 Å². The van der Waals surface area contributed by atoms with Crippen LogP contribution in [-0.4, -0.2) is 6.54 Å². The molecule has 1 aromatic carbocycles.